The van der Waals surface area contributed by atoms with Gasteiger partial charge >= 0.3 is 0 Å². The van der Waals surface area contributed by atoms with Crippen LogP contribution in [0, 0.1) is 0 Å². The molecule has 1 aliphatic rings. The average Bonchev–Trinajstić information content (AvgIpc) is 2.65. The van der Waals surface area contributed by atoms with E-state index >= 15 is 0 Å². The lowest BCUT2D eigenvalue weighted by atomic mass is 10.0. The summed E-state index contributed by atoms with van der Waals surface area (Å²) in [4.78, 5) is 4.91. The second kappa shape index (κ2) is 8.48. The van der Waals surface area contributed by atoms with E-state index in [0.29, 0.717) is 19.2 Å². The minimum Gasteiger partial charge on any atom is -0.489 e. The Hall–Kier alpha value is -1.88. The predicted octanol–water partition coefficient (Wildman–Crippen LogP) is 2.90. The van der Waals surface area contributed by atoms with Crippen LogP contribution in [-0.4, -0.2) is 49.1 Å². The van der Waals surface area contributed by atoms with Gasteiger partial charge in [0.05, 0.1) is 0 Å². The van der Waals surface area contributed by atoms with E-state index in [4.69, 9.17) is 10.5 Å². The van der Waals surface area contributed by atoms with Gasteiger partial charge in [-0.25, -0.2) is 0 Å². The lowest BCUT2D eigenvalue weighted by Crippen LogP contribution is -2.52. The van der Waals surface area contributed by atoms with Crippen molar-refractivity contribution in [3.8, 4) is 5.75 Å². The molecule has 0 radical (unpaired) electrons. The van der Waals surface area contributed by atoms with Crippen molar-refractivity contribution in [2.24, 2.45) is 5.73 Å². The molecule has 2 aromatic rings. The van der Waals surface area contributed by atoms with Crippen LogP contribution < -0.4 is 10.5 Å². The molecule has 2 aromatic carbocycles. The van der Waals surface area contributed by atoms with E-state index < -0.39 is 0 Å². The van der Waals surface area contributed by atoms with Gasteiger partial charge in [0.2, 0.25) is 0 Å². The lowest BCUT2D eigenvalue weighted by molar-refractivity contribution is 0.0741. The molecule has 3 rings (SSSR count). The number of piperazine rings is 1. The maximum absolute atomic E-state index is 6.10. The smallest absolute Gasteiger partial charge is 0.119 e. The van der Waals surface area contributed by atoms with E-state index in [0.717, 1.165) is 25.4 Å². The highest BCUT2D eigenvalue weighted by Crippen LogP contribution is 2.25. The molecule has 25 heavy (non-hydrogen) atoms. The number of rotatable bonds is 6. The van der Waals surface area contributed by atoms with Crippen LogP contribution in [0.4, 0.5) is 0 Å². The Balaban J connectivity index is 1.62. The topological polar surface area (TPSA) is 41.7 Å². The molecule has 4 nitrogen and oxygen atoms in total. The largest absolute Gasteiger partial charge is 0.489 e. The third-order valence-electron chi connectivity index (χ3n) is 5.17. The van der Waals surface area contributed by atoms with Gasteiger partial charge in [0.15, 0.2) is 0 Å². The highest BCUT2D eigenvalue weighted by Gasteiger charge is 2.26. The molecule has 0 aliphatic carbocycles. The fourth-order valence-corrected chi connectivity index (χ4v) is 3.38. The zero-order valence-electron chi connectivity index (χ0n) is 15.3. The zero-order valence-corrected chi connectivity index (χ0v) is 15.3. The molecule has 0 saturated carbocycles. The van der Waals surface area contributed by atoms with Crippen molar-refractivity contribution < 1.29 is 4.74 Å². The SMILES string of the molecule is CC1CN(C(CN)c2ccc(OCc3ccccc3)cc2)CCN1C. The van der Waals surface area contributed by atoms with Gasteiger partial charge in [-0.1, -0.05) is 42.5 Å². The molecule has 2 N–H and O–H groups in total. The standard InChI is InChI=1S/C21H29N3O/c1-17-15-24(13-12-23(17)2)21(14-22)19-8-10-20(11-9-19)25-16-18-6-4-3-5-7-18/h3-11,17,21H,12-16,22H2,1-2H3. The van der Waals surface area contributed by atoms with Crippen LogP contribution in [-0.2, 0) is 6.61 Å². The molecule has 1 saturated heterocycles. The highest BCUT2D eigenvalue weighted by atomic mass is 16.5. The molecule has 1 aliphatic heterocycles. The molecular weight excluding hydrogens is 310 g/mol. The monoisotopic (exact) mass is 339 g/mol. The summed E-state index contributed by atoms with van der Waals surface area (Å²) in [6, 6.07) is 19.5. The third kappa shape index (κ3) is 4.60. The first kappa shape index (κ1) is 17.9. The summed E-state index contributed by atoms with van der Waals surface area (Å²) >= 11 is 0. The van der Waals surface area contributed by atoms with E-state index in [1.165, 1.54) is 11.1 Å². The minimum atomic E-state index is 0.277. The summed E-state index contributed by atoms with van der Waals surface area (Å²) in [5.41, 5.74) is 8.55. The second-order valence-corrected chi connectivity index (χ2v) is 6.92. The molecule has 2 unspecified atom stereocenters. The summed E-state index contributed by atoms with van der Waals surface area (Å²) in [6.45, 7) is 6.73. The molecule has 1 fully saturated rings. The molecule has 2 atom stereocenters. The summed E-state index contributed by atoms with van der Waals surface area (Å²) in [6.07, 6.45) is 0. The van der Waals surface area contributed by atoms with Crippen LogP contribution >= 0.6 is 0 Å². The zero-order chi connectivity index (χ0) is 17.6. The van der Waals surface area contributed by atoms with E-state index in [1.807, 2.05) is 18.2 Å². The van der Waals surface area contributed by atoms with Crippen molar-refractivity contribution >= 4 is 0 Å². The van der Waals surface area contributed by atoms with Crippen molar-refractivity contribution in [2.45, 2.75) is 25.6 Å². The molecule has 0 amide bonds. The Morgan fingerprint density at radius 3 is 2.44 bits per heavy atom. The van der Waals surface area contributed by atoms with Crippen LogP contribution in [0.5, 0.6) is 5.75 Å². The van der Waals surface area contributed by atoms with Crippen LogP contribution in [0.1, 0.15) is 24.1 Å². The van der Waals surface area contributed by atoms with Crippen molar-refractivity contribution in [2.75, 3.05) is 33.2 Å². The van der Waals surface area contributed by atoms with Crippen molar-refractivity contribution in [1.82, 2.24) is 9.80 Å². The van der Waals surface area contributed by atoms with E-state index in [9.17, 15) is 0 Å². The van der Waals surface area contributed by atoms with Crippen LogP contribution in [0.3, 0.4) is 0 Å². The quantitative estimate of drug-likeness (QED) is 0.879. The number of hydrogen-bond donors (Lipinski definition) is 1. The number of ether oxygens (including phenoxy) is 1. The minimum absolute atomic E-state index is 0.277. The first-order valence-electron chi connectivity index (χ1n) is 9.08. The van der Waals surface area contributed by atoms with Gasteiger partial charge in [0, 0.05) is 38.3 Å². The van der Waals surface area contributed by atoms with Crippen molar-refractivity contribution in [1.29, 1.82) is 0 Å². The molecule has 134 valence electrons. The summed E-state index contributed by atoms with van der Waals surface area (Å²) < 4.78 is 5.89. The number of likely N-dealkylation sites (N-methyl/N-ethyl adjacent to an activating group) is 1. The van der Waals surface area contributed by atoms with Gasteiger partial charge < -0.3 is 15.4 Å². The van der Waals surface area contributed by atoms with Crippen molar-refractivity contribution in [3.63, 3.8) is 0 Å². The Bertz CT molecular complexity index is 644. The fourth-order valence-electron chi connectivity index (χ4n) is 3.38. The maximum Gasteiger partial charge on any atom is 0.119 e. The van der Waals surface area contributed by atoms with Gasteiger partial charge in [0.1, 0.15) is 12.4 Å². The van der Waals surface area contributed by atoms with E-state index in [2.05, 4.69) is 60.2 Å². The van der Waals surface area contributed by atoms with Gasteiger partial charge in [-0.3, -0.25) is 4.90 Å². The third-order valence-corrected chi connectivity index (χ3v) is 5.17. The van der Waals surface area contributed by atoms with Gasteiger partial charge in [-0.2, -0.15) is 0 Å². The Morgan fingerprint density at radius 1 is 1.08 bits per heavy atom. The predicted molar refractivity (Wildman–Crippen MR) is 103 cm³/mol. The summed E-state index contributed by atoms with van der Waals surface area (Å²) in [5, 5.41) is 0. The Morgan fingerprint density at radius 2 is 1.80 bits per heavy atom. The van der Waals surface area contributed by atoms with E-state index in [-0.39, 0.29) is 6.04 Å². The molecule has 4 heteroatoms. The fraction of sp³-hybridized carbons (Fsp3) is 0.429. The molecule has 0 aromatic heterocycles. The lowest BCUT2D eigenvalue weighted by Gasteiger charge is -2.41. The highest BCUT2D eigenvalue weighted by molar-refractivity contribution is 5.30. The second-order valence-electron chi connectivity index (χ2n) is 6.92. The molecular formula is C21H29N3O. The van der Waals surface area contributed by atoms with Crippen LogP contribution in [0.2, 0.25) is 0 Å². The van der Waals surface area contributed by atoms with Gasteiger partial charge in [-0.15, -0.1) is 0 Å². The van der Waals surface area contributed by atoms with Crippen LogP contribution in [0.25, 0.3) is 0 Å². The normalized spacial score (nSPS) is 20.4. The molecule has 0 bridgehead atoms. The number of nitrogens with two attached hydrogens (primary N) is 1. The first-order valence-corrected chi connectivity index (χ1v) is 9.08. The van der Waals surface area contributed by atoms with Crippen LogP contribution in [0.15, 0.2) is 54.6 Å². The summed E-state index contributed by atoms with van der Waals surface area (Å²) in [7, 11) is 2.19. The maximum atomic E-state index is 6.10. The number of nitrogens with zero attached hydrogens (tertiary/aromatic N) is 2. The first-order chi connectivity index (χ1) is 12.2. The van der Waals surface area contributed by atoms with Gasteiger partial charge in [0.25, 0.3) is 0 Å². The average molecular weight is 339 g/mol. The molecule has 0 spiro atoms. The summed E-state index contributed by atoms with van der Waals surface area (Å²) in [5.74, 6) is 0.898. The number of benzene rings is 2. The Labute approximate surface area is 151 Å². The Kier molecular flexibility index (Phi) is 6.08. The van der Waals surface area contributed by atoms with E-state index in [1.54, 1.807) is 0 Å². The van der Waals surface area contributed by atoms with Crippen molar-refractivity contribution in [3.05, 3.63) is 65.7 Å². The number of hydrogen-bond acceptors (Lipinski definition) is 4. The molecule has 1 heterocycles. The van der Waals surface area contributed by atoms with Gasteiger partial charge in [-0.05, 0) is 37.2 Å².